The summed E-state index contributed by atoms with van der Waals surface area (Å²) in [7, 11) is 0. The van der Waals surface area contributed by atoms with Crippen LogP contribution in [0, 0.1) is 0 Å². The number of piperidine rings is 1. The van der Waals surface area contributed by atoms with Crippen LogP contribution >= 0.6 is 0 Å². The molecule has 3 aliphatic rings. The largest absolute Gasteiger partial charge is 0.491 e. The number of unbranched alkanes of at least 4 members (excludes halogenated alkanes) is 9. The molecule has 3 saturated heterocycles. The Bertz CT molecular complexity index is 848. The molecule has 0 radical (unpaired) electrons. The lowest BCUT2D eigenvalue weighted by Gasteiger charge is -2.56. The highest BCUT2D eigenvalue weighted by atomic mass is 16.7. The SMILES string of the molecule is CCCCCCCCCCCCC1COC2(CC(C)(C)N(OCCc3ccc(OCC4CO4)cc3)C(C)(C)C2)O1. The van der Waals surface area contributed by atoms with Crippen LogP contribution in [0.1, 0.15) is 124 Å². The standard InChI is InChI=1S/C34H57NO5/c1-6-7-8-9-10-11-12-13-14-15-16-30-25-38-34(40-30)26-32(2,3)35(33(4,5)27-34)39-22-21-28-17-19-29(20-18-28)36-23-31-24-37-31/h17-20,30-31H,6-16,21-27H2,1-5H3. The van der Waals surface area contributed by atoms with Gasteiger partial charge in [-0.3, -0.25) is 4.84 Å². The topological polar surface area (TPSA) is 52.7 Å². The van der Waals surface area contributed by atoms with E-state index in [1.165, 1.54) is 69.8 Å². The van der Waals surface area contributed by atoms with Gasteiger partial charge in [-0.15, -0.1) is 0 Å². The van der Waals surface area contributed by atoms with Crippen LogP contribution < -0.4 is 4.74 Å². The van der Waals surface area contributed by atoms with Crippen molar-refractivity contribution < 1.29 is 23.8 Å². The van der Waals surface area contributed by atoms with Gasteiger partial charge in [0, 0.05) is 23.9 Å². The van der Waals surface area contributed by atoms with E-state index in [0.29, 0.717) is 13.2 Å². The molecule has 0 aliphatic carbocycles. The van der Waals surface area contributed by atoms with Gasteiger partial charge in [0.2, 0.25) is 0 Å². The Morgan fingerprint density at radius 1 is 0.800 bits per heavy atom. The van der Waals surface area contributed by atoms with E-state index >= 15 is 0 Å². The number of hydrogen-bond acceptors (Lipinski definition) is 6. The van der Waals surface area contributed by atoms with E-state index in [9.17, 15) is 0 Å². The molecule has 1 spiro atoms. The molecule has 4 rings (SSSR count). The average Bonchev–Trinajstić information content (AvgIpc) is 3.66. The van der Waals surface area contributed by atoms with Crippen LogP contribution in [0.4, 0.5) is 0 Å². The lowest BCUT2D eigenvalue weighted by Crippen LogP contribution is -2.65. The average molecular weight is 560 g/mol. The summed E-state index contributed by atoms with van der Waals surface area (Å²) in [5, 5.41) is 2.21. The number of ether oxygens (including phenoxy) is 4. The first-order chi connectivity index (χ1) is 19.2. The van der Waals surface area contributed by atoms with Crippen molar-refractivity contribution in [3.63, 3.8) is 0 Å². The fraction of sp³-hybridized carbons (Fsp3) is 0.824. The predicted molar refractivity (Wildman–Crippen MR) is 161 cm³/mol. The van der Waals surface area contributed by atoms with E-state index in [1.807, 2.05) is 12.1 Å². The highest BCUT2D eigenvalue weighted by Crippen LogP contribution is 2.48. The maximum absolute atomic E-state index is 6.69. The van der Waals surface area contributed by atoms with Gasteiger partial charge >= 0.3 is 0 Å². The maximum Gasteiger partial charge on any atom is 0.172 e. The minimum atomic E-state index is -0.503. The van der Waals surface area contributed by atoms with Crippen molar-refractivity contribution in [2.75, 3.05) is 26.4 Å². The van der Waals surface area contributed by atoms with Crippen molar-refractivity contribution in [1.29, 1.82) is 0 Å². The van der Waals surface area contributed by atoms with Crippen LogP contribution in [0.5, 0.6) is 5.75 Å². The molecular formula is C34H57NO5. The third kappa shape index (κ3) is 9.69. The van der Waals surface area contributed by atoms with Crippen molar-refractivity contribution in [1.82, 2.24) is 5.06 Å². The van der Waals surface area contributed by atoms with Crippen LogP contribution in [-0.2, 0) is 25.5 Å². The summed E-state index contributed by atoms with van der Waals surface area (Å²) in [5.74, 6) is 0.393. The molecule has 0 amide bonds. The van der Waals surface area contributed by atoms with E-state index in [4.69, 9.17) is 23.8 Å². The number of epoxide rings is 1. The number of hydrogen-bond donors (Lipinski definition) is 0. The molecule has 2 unspecified atom stereocenters. The Kier molecular flexibility index (Phi) is 11.8. The number of nitrogens with zero attached hydrogens (tertiary/aromatic N) is 1. The number of benzene rings is 1. The van der Waals surface area contributed by atoms with Crippen molar-refractivity contribution >= 4 is 0 Å². The summed E-state index contributed by atoms with van der Waals surface area (Å²) in [6.45, 7) is 14.1. The minimum absolute atomic E-state index is 0.198. The highest BCUT2D eigenvalue weighted by Gasteiger charge is 2.57. The van der Waals surface area contributed by atoms with E-state index in [0.717, 1.165) is 44.6 Å². The maximum atomic E-state index is 6.69. The lowest BCUT2D eigenvalue weighted by molar-refractivity contribution is -0.337. The Morgan fingerprint density at radius 2 is 1.40 bits per heavy atom. The van der Waals surface area contributed by atoms with Gasteiger partial charge in [-0.25, -0.2) is 0 Å². The Morgan fingerprint density at radius 3 is 2.00 bits per heavy atom. The molecule has 0 aromatic heterocycles. The Labute approximate surface area is 244 Å². The molecule has 6 heteroatoms. The zero-order chi connectivity index (χ0) is 28.5. The van der Waals surface area contributed by atoms with Gasteiger partial charge < -0.3 is 18.9 Å². The summed E-state index contributed by atoms with van der Waals surface area (Å²) in [5.41, 5.74) is 0.851. The van der Waals surface area contributed by atoms with Crippen molar-refractivity contribution in [2.24, 2.45) is 0 Å². The molecule has 1 aromatic carbocycles. The van der Waals surface area contributed by atoms with E-state index < -0.39 is 5.79 Å². The quantitative estimate of drug-likeness (QED) is 0.134. The van der Waals surface area contributed by atoms with Gasteiger partial charge in [-0.2, -0.15) is 5.06 Å². The second-order valence-corrected chi connectivity index (χ2v) is 13.7. The summed E-state index contributed by atoms with van der Waals surface area (Å²) >= 11 is 0. The summed E-state index contributed by atoms with van der Waals surface area (Å²) in [4.78, 5) is 6.48. The van der Waals surface area contributed by atoms with Gasteiger partial charge in [0.15, 0.2) is 5.79 Å². The molecular weight excluding hydrogens is 502 g/mol. The third-order valence-corrected chi connectivity index (χ3v) is 8.67. The molecule has 0 bridgehead atoms. The number of rotatable bonds is 18. The molecule has 1 aromatic rings. The smallest absolute Gasteiger partial charge is 0.172 e. The first-order valence-corrected chi connectivity index (χ1v) is 16.3. The fourth-order valence-corrected chi connectivity index (χ4v) is 6.86. The summed E-state index contributed by atoms with van der Waals surface area (Å²) in [6.07, 6.45) is 17.7. The molecule has 0 saturated carbocycles. The first-order valence-electron chi connectivity index (χ1n) is 16.3. The molecule has 40 heavy (non-hydrogen) atoms. The Balaban J connectivity index is 1.15. The van der Waals surface area contributed by atoms with Gasteiger partial charge in [0.1, 0.15) is 18.5 Å². The first kappa shape index (κ1) is 31.7. The molecule has 6 nitrogen and oxygen atoms in total. The molecule has 3 aliphatic heterocycles. The second kappa shape index (κ2) is 14.8. The molecule has 0 N–H and O–H groups in total. The van der Waals surface area contributed by atoms with E-state index in [1.54, 1.807) is 0 Å². The van der Waals surface area contributed by atoms with Crippen LogP contribution in [0.15, 0.2) is 24.3 Å². The molecule has 2 atom stereocenters. The zero-order valence-corrected chi connectivity index (χ0v) is 26.2. The van der Waals surface area contributed by atoms with Crippen molar-refractivity contribution in [3.05, 3.63) is 29.8 Å². The molecule has 3 heterocycles. The van der Waals surface area contributed by atoms with Crippen molar-refractivity contribution in [2.45, 2.75) is 154 Å². The monoisotopic (exact) mass is 559 g/mol. The summed E-state index contributed by atoms with van der Waals surface area (Å²) < 4.78 is 24.1. The molecule has 3 fully saturated rings. The number of hydroxylamine groups is 2. The van der Waals surface area contributed by atoms with Gasteiger partial charge in [-0.05, 0) is 58.2 Å². The van der Waals surface area contributed by atoms with Crippen molar-refractivity contribution in [3.8, 4) is 5.75 Å². The normalized spacial score (nSPS) is 24.9. The second-order valence-electron chi connectivity index (χ2n) is 13.7. The third-order valence-electron chi connectivity index (χ3n) is 8.67. The van der Waals surface area contributed by atoms with Crippen LogP contribution in [0.25, 0.3) is 0 Å². The van der Waals surface area contributed by atoms with Gasteiger partial charge in [0.05, 0.1) is 25.9 Å². The predicted octanol–water partition coefficient (Wildman–Crippen LogP) is 8.01. The van der Waals surface area contributed by atoms with Gasteiger partial charge in [-0.1, -0.05) is 83.3 Å². The van der Waals surface area contributed by atoms with E-state index in [2.05, 4.69) is 51.8 Å². The van der Waals surface area contributed by atoms with E-state index in [-0.39, 0.29) is 23.3 Å². The summed E-state index contributed by atoms with van der Waals surface area (Å²) in [6, 6.07) is 8.33. The Hall–Kier alpha value is -1.18. The minimum Gasteiger partial charge on any atom is -0.491 e. The van der Waals surface area contributed by atoms with Crippen LogP contribution in [0.3, 0.4) is 0 Å². The van der Waals surface area contributed by atoms with Gasteiger partial charge in [0.25, 0.3) is 0 Å². The highest BCUT2D eigenvalue weighted by molar-refractivity contribution is 5.27. The molecule has 228 valence electrons. The zero-order valence-electron chi connectivity index (χ0n) is 26.2. The fourth-order valence-electron chi connectivity index (χ4n) is 6.86. The van der Waals surface area contributed by atoms with Crippen LogP contribution in [-0.4, -0.2) is 60.6 Å². The van der Waals surface area contributed by atoms with Crippen LogP contribution in [0.2, 0.25) is 0 Å². The lowest BCUT2D eigenvalue weighted by atomic mass is 9.78.